The Morgan fingerprint density at radius 2 is 2.06 bits per heavy atom. The number of methoxy groups -OCH3 is 1. The number of aliphatic hydroxyl groups excluding tert-OH is 1. The molecular weight excluding hydrogens is 236 g/mol. The lowest BCUT2D eigenvalue weighted by atomic mass is 10.3. The zero-order valence-corrected chi connectivity index (χ0v) is 11.6. The van der Waals surface area contributed by atoms with Gasteiger partial charge in [-0.05, 0) is 13.8 Å². The molecule has 1 unspecified atom stereocenters. The number of ether oxygens (including phenoxy) is 2. The lowest BCUT2D eigenvalue weighted by molar-refractivity contribution is -0.121. The predicted molar refractivity (Wildman–Crippen MR) is 69.5 cm³/mol. The van der Waals surface area contributed by atoms with Crippen LogP contribution in [0.1, 0.15) is 20.3 Å². The van der Waals surface area contributed by atoms with Crippen LogP contribution >= 0.6 is 0 Å². The van der Waals surface area contributed by atoms with Gasteiger partial charge in [-0.25, -0.2) is 0 Å². The van der Waals surface area contributed by atoms with Gasteiger partial charge in [0.2, 0.25) is 5.91 Å². The smallest absolute Gasteiger partial charge is 0.221 e. The fourth-order valence-electron chi connectivity index (χ4n) is 1.21. The molecule has 0 aromatic carbocycles. The van der Waals surface area contributed by atoms with Gasteiger partial charge in [-0.1, -0.05) is 0 Å². The van der Waals surface area contributed by atoms with E-state index in [0.29, 0.717) is 39.3 Å². The van der Waals surface area contributed by atoms with Crippen LogP contribution in [0.2, 0.25) is 0 Å². The molecule has 0 saturated carbocycles. The fourth-order valence-corrected chi connectivity index (χ4v) is 1.21. The summed E-state index contributed by atoms with van der Waals surface area (Å²) in [5, 5.41) is 15.3. The summed E-state index contributed by atoms with van der Waals surface area (Å²) in [5.74, 6) is -0.0209. The standard InChI is InChI=1S/C12H26N2O4/c1-10(2)18-9-11(15)8-13-5-4-12(16)14-6-7-17-3/h10-11,13,15H,4-9H2,1-3H3,(H,14,16). The molecule has 6 heteroatoms. The second kappa shape index (κ2) is 11.4. The molecule has 1 atom stereocenters. The molecule has 0 aliphatic heterocycles. The molecule has 0 radical (unpaired) electrons. The van der Waals surface area contributed by atoms with E-state index < -0.39 is 6.10 Å². The van der Waals surface area contributed by atoms with Gasteiger partial charge >= 0.3 is 0 Å². The van der Waals surface area contributed by atoms with Gasteiger partial charge in [-0.3, -0.25) is 4.79 Å². The van der Waals surface area contributed by atoms with Crippen molar-refractivity contribution in [1.29, 1.82) is 0 Å². The Bertz CT molecular complexity index is 212. The lowest BCUT2D eigenvalue weighted by Gasteiger charge is -2.14. The molecule has 0 aromatic heterocycles. The van der Waals surface area contributed by atoms with Crippen LogP contribution in [0, 0.1) is 0 Å². The maximum atomic E-state index is 11.3. The van der Waals surface area contributed by atoms with Gasteiger partial charge in [-0.15, -0.1) is 0 Å². The normalized spacial score (nSPS) is 12.7. The summed E-state index contributed by atoms with van der Waals surface area (Å²) < 4.78 is 10.1. The molecule has 18 heavy (non-hydrogen) atoms. The molecule has 0 saturated heterocycles. The molecule has 0 heterocycles. The third kappa shape index (κ3) is 11.8. The van der Waals surface area contributed by atoms with Crippen molar-refractivity contribution in [2.24, 2.45) is 0 Å². The van der Waals surface area contributed by atoms with Crippen LogP contribution in [0.25, 0.3) is 0 Å². The SMILES string of the molecule is COCCNC(=O)CCNCC(O)COC(C)C. The summed E-state index contributed by atoms with van der Waals surface area (Å²) >= 11 is 0. The third-order valence-electron chi connectivity index (χ3n) is 2.16. The van der Waals surface area contributed by atoms with Crippen molar-refractivity contribution in [3.63, 3.8) is 0 Å². The van der Waals surface area contributed by atoms with Crippen LogP contribution < -0.4 is 10.6 Å². The Labute approximate surface area is 109 Å². The Hall–Kier alpha value is -0.690. The average Bonchev–Trinajstić information content (AvgIpc) is 2.32. The molecule has 0 aromatic rings. The summed E-state index contributed by atoms with van der Waals surface area (Å²) in [7, 11) is 1.59. The Kier molecular flexibility index (Phi) is 11.0. The summed E-state index contributed by atoms with van der Waals surface area (Å²) in [6.45, 7) is 6.17. The van der Waals surface area contributed by atoms with Crippen molar-refractivity contribution < 1.29 is 19.4 Å². The molecule has 1 amide bonds. The minimum Gasteiger partial charge on any atom is -0.389 e. The fraction of sp³-hybridized carbons (Fsp3) is 0.917. The number of rotatable bonds is 11. The Balaban J connectivity index is 3.35. The maximum absolute atomic E-state index is 11.3. The average molecular weight is 262 g/mol. The predicted octanol–water partition coefficient (Wildman–Crippen LogP) is -0.485. The Morgan fingerprint density at radius 3 is 2.67 bits per heavy atom. The quantitative estimate of drug-likeness (QED) is 0.438. The van der Waals surface area contributed by atoms with E-state index in [9.17, 15) is 9.90 Å². The zero-order chi connectivity index (χ0) is 13.8. The summed E-state index contributed by atoms with van der Waals surface area (Å²) in [4.78, 5) is 11.3. The highest BCUT2D eigenvalue weighted by atomic mass is 16.5. The minimum atomic E-state index is -0.538. The van der Waals surface area contributed by atoms with E-state index in [-0.39, 0.29) is 12.0 Å². The minimum absolute atomic E-state index is 0.0209. The lowest BCUT2D eigenvalue weighted by Crippen LogP contribution is -2.34. The molecule has 3 N–H and O–H groups in total. The van der Waals surface area contributed by atoms with Gasteiger partial charge in [0, 0.05) is 33.2 Å². The highest BCUT2D eigenvalue weighted by molar-refractivity contribution is 5.75. The highest BCUT2D eigenvalue weighted by Gasteiger charge is 2.06. The first-order valence-corrected chi connectivity index (χ1v) is 6.32. The van der Waals surface area contributed by atoms with E-state index in [1.165, 1.54) is 0 Å². The van der Waals surface area contributed by atoms with Crippen LogP contribution in [0.3, 0.4) is 0 Å². The van der Waals surface area contributed by atoms with E-state index in [0.717, 1.165) is 0 Å². The van der Waals surface area contributed by atoms with Crippen molar-refractivity contribution in [2.75, 3.05) is 40.0 Å². The van der Waals surface area contributed by atoms with Crippen LogP contribution in [0.15, 0.2) is 0 Å². The molecule has 0 aliphatic rings. The number of amides is 1. The van der Waals surface area contributed by atoms with E-state index in [1.807, 2.05) is 13.8 Å². The second-order valence-electron chi connectivity index (χ2n) is 4.33. The maximum Gasteiger partial charge on any atom is 0.221 e. The van der Waals surface area contributed by atoms with Gasteiger partial charge in [0.15, 0.2) is 0 Å². The summed E-state index contributed by atoms with van der Waals surface area (Å²) in [5.41, 5.74) is 0. The van der Waals surface area contributed by atoms with Crippen molar-refractivity contribution in [3.8, 4) is 0 Å². The monoisotopic (exact) mass is 262 g/mol. The van der Waals surface area contributed by atoms with Crippen molar-refractivity contribution >= 4 is 5.91 Å². The van der Waals surface area contributed by atoms with Crippen molar-refractivity contribution in [3.05, 3.63) is 0 Å². The zero-order valence-electron chi connectivity index (χ0n) is 11.6. The molecule has 6 nitrogen and oxygen atoms in total. The summed E-state index contributed by atoms with van der Waals surface area (Å²) in [6, 6.07) is 0. The molecule has 108 valence electrons. The van der Waals surface area contributed by atoms with Gasteiger partial charge in [0.25, 0.3) is 0 Å². The first-order chi connectivity index (χ1) is 8.56. The van der Waals surface area contributed by atoms with Crippen LogP contribution in [-0.2, 0) is 14.3 Å². The molecule has 0 bridgehead atoms. The van der Waals surface area contributed by atoms with Crippen LogP contribution in [0.5, 0.6) is 0 Å². The molecule has 0 aliphatic carbocycles. The van der Waals surface area contributed by atoms with Crippen LogP contribution in [-0.4, -0.2) is 63.2 Å². The highest BCUT2D eigenvalue weighted by Crippen LogP contribution is 1.90. The number of nitrogens with one attached hydrogen (secondary N) is 2. The number of hydrogen-bond acceptors (Lipinski definition) is 5. The molecular formula is C12H26N2O4. The molecule has 0 rings (SSSR count). The first-order valence-electron chi connectivity index (χ1n) is 6.32. The van der Waals surface area contributed by atoms with Crippen LogP contribution in [0.4, 0.5) is 0 Å². The number of hydrogen-bond donors (Lipinski definition) is 3. The van der Waals surface area contributed by atoms with Crippen molar-refractivity contribution in [2.45, 2.75) is 32.5 Å². The summed E-state index contributed by atoms with van der Waals surface area (Å²) in [6.07, 6.45) is -0.0308. The first kappa shape index (κ1) is 17.3. The van der Waals surface area contributed by atoms with E-state index in [1.54, 1.807) is 7.11 Å². The van der Waals surface area contributed by atoms with E-state index >= 15 is 0 Å². The van der Waals surface area contributed by atoms with Crippen molar-refractivity contribution in [1.82, 2.24) is 10.6 Å². The molecule has 0 spiro atoms. The number of carbonyl (C=O) groups is 1. The van der Waals surface area contributed by atoms with Gasteiger partial charge in [0.05, 0.1) is 25.4 Å². The van der Waals surface area contributed by atoms with E-state index in [4.69, 9.17) is 9.47 Å². The number of aliphatic hydroxyl groups is 1. The van der Waals surface area contributed by atoms with E-state index in [2.05, 4.69) is 10.6 Å². The molecule has 0 fully saturated rings. The van der Waals surface area contributed by atoms with Gasteiger partial charge in [0.1, 0.15) is 0 Å². The van der Waals surface area contributed by atoms with Gasteiger partial charge < -0.3 is 25.2 Å². The van der Waals surface area contributed by atoms with Gasteiger partial charge in [-0.2, -0.15) is 0 Å². The second-order valence-corrected chi connectivity index (χ2v) is 4.33. The largest absolute Gasteiger partial charge is 0.389 e. The Morgan fingerprint density at radius 1 is 1.33 bits per heavy atom. The number of carbonyl (C=O) groups excluding carboxylic acids is 1. The topological polar surface area (TPSA) is 79.8 Å². The third-order valence-corrected chi connectivity index (χ3v) is 2.16.